The fourth-order valence-electron chi connectivity index (χ4n) is 4.49. The summed E-state index contributed by atoms with van der Waals surface area (Å²) in [6.07, 6.45) is 5.93. The average molecular weight is 252 g/mol. The Morgan fingerprint density at radius 1 is 1.33 bits per heavy atom. The molecule has 4 heteroatoms. The number of nitrogens with one attached hydrogen (secondary N) is 1. The van der Waals surface area contributed by atoms with Crippen LogP contribution in [-0.4, -0.2) is 49.7 Å². The Hall–Kier alpha value is -0.610. The monoisotopic (exact) mass is 252 g/mol. The number of ether oxygens (including phenoxy) is 1. The maximum Gasteiger partial charge on any atom is 0.326 e. The molecule has 2 saturated carbocycles. The highest BCUT2D eigenvalue weighted by molar-refractivity contribution is 5.82. The third kappa shape index (κ3) is 1.77. The molecule has 3 fully saturated rings. The van der Waals surface area contributed by atoms with Gasteiger partial charge >= 0.3 is 5.97 Å². The minimum absolute atomic E-state index is 0.0246. The van der Waals surface area contributed by atoms with Gasteiger partial charge in [0.05, 0.1) is 7.11 Å². The number of carbonyl (C=O) groups is 1. The Morgan fingerprint density at radius 3 is 2.89 bits per heavy atom. The van der Waals surface area contributed by atoms with Crippen LogP contribution in [0, 0.1) is 11.8 Å². The van der Waals surface area contributed by atoms with Gasteiger partial charge in [-0.05, 0) is 44.1 Å². The highest BCUT2D eigenvalue weighted by Gasteiger charge is 2.59. The van der Waals surface area contributed by atoms with Crippen molar-refractivity contribution >= 4 is 5.97 Å². The zero-order chi connectivity index (χ0) is 12.6. The van der Waals surface area contributed by atoms with Crippen molar-refractivity contribution in [2.45, 2.75) is 37.6 Å². The van der Waals surface area contributed by atoms with Crippen molar-refractivity contribution in [2.75, 3.05) is 33.3 Å². The van der Waals surface area contributed by atoms with Crippen molar-refractivity contribution < 1.29 is 9.53 Å². The first kappa shape index (κ1) is 12.4. The Morgan fingerprint density at radius 2 is 2.22 bits per heavy atom. The van der Waals surface area contributed by atoms with E-state index in [1.165, 1.54) is 19.3 Å². The molecule has 3 atom stereocenters. The molecule has 0 aromatic carbocycles. The third-order valence-corrected chi connectivity index (χ3v) is 5.26. The first-order valence-corrected chi connectivity index (χ1v) is 7.31. The Balaban J connectivity index is 1.87. The van der Waals surface area contributed by atoms with E-state index in [-0.39, 0.29) is 11.5 Å². The predicted octanol–water partition coefficient (Wildman–Crippen LogP) is 1.01. The molecule has 3 unspecified atom stereocenters. The minimum atomic E-state index is -0.288. The summed E-state index contributed by atoms with van der Waals surface area (Å²) in [5.74, 6) is 1.31. The topological polar surface area (TPSA) is 41.6 Å². The first-order chi connectivity index (χ1) is 8.77. The average Bonchev–Trinajstić information content (AvgIpc) is 2.89. The van der Waals surface area contributed by atoms with E-state index in [2.05, 4.69) is 10.2 Å². The summed E-state index contributed by atoms with van der Waals surface area (Å²) < 4.78 is 5.18. The second-order valence-corrected chi connectivity index (χ2v) is 6.09. The zero-order valence-electron chi connectivity index (χ0n) is 11.3. The second kappa shape index (κ2) is 4.82. The van der Waals surface area contributed by atoms with Gasteiger partial charge in [0.1, 0.15) is 5.54 Å². The molecule has 1 aliphatic heterocycles. The lowest BCUT2D eigenvalue weighted by Crippen LogP contribution is -2.59. The molecule has 3 aliphatic rings. The number of nitrogens with zero attached hydrogens (tertiary/aromatic N) is 1. The SMILES string of the molecule is COC(=O)C1(N2CCCNCC2)CC2CCC1C2. The third-order valence-electron chi connectivity index (χ3n) is 5.26. The van der Waals surface area contributed by atoms with Gasteiger partial charge in [-0.15, -0.1) is 0 Å². The second-order valence-electron chi connectivity index (χ2n) is 6.09. The quantitative estimate of drug-likeness (QED) is 0.745. The highest BCUT2D eigenvalue weighted by atomic mass is 16.5. The number of methoxy groups -OCH3 is 1. The minimum Gasteiger partial charge on any atom is -0.468 e. The molecule has 18 heavy (non-hydrogen) atoms. The maximum absolute atomic E-state index is 12.5. The Labute approximate surface area is 109 Å². The molecule has 2 bridgehead atoms. The predicted molar refractivity (Wildman–Crippen MR) is 69.3 cm³/mol. The molecular weight excluding hydrogens is 228 g/mol. The smallest absolute Gasteiger partial charge is 0.326 e. The lowest BCUT2D eigenvalue weighted by Gasteiger charge is -2.44. The van der Waals surface area contributed by atoms with E-state index in [0.29, 0.717) is 5.92 Å². The fourth-order valence-corrected chi connectivity index (χ4v) is 4.49. The molecule has 2 aliphatic carbocycles. The molecule has 1 saturated heterocycles. The fraction of sp³-hybridized carbons (Fsp3) is 0.929. The van der Waals surface area contributed by atoms with E-state index in [1.54, 1.807) is 7.11 Å². The number of rotatable bonds is 2. The van der Waals surface area contributed by atoms with Crippen LogP contribution in [0.4, 0.5) is 0 Å². The van der Waals surface area contributed by atoms with E-state index in [0.717, 1.165) is 44.9 Å². The van der Waals surface area contributed by atoms with Gasteiger partial charge in [0, 0.05) is 19.6 Å². The largest absolute Gasteiger partial charge is 0.468 e. The molecule has 0 radical (unpaired) electrons. The van der Waals surface area contributed by atoms with Gasteiger partial charge in [0.2, 0.25) is 0 Å². The molecule has 3 rings (SSSR count). The van der Waals surface area contributed by atoms with Crippen LogP contribution in [0.25, 0.3) is 0 Å². The van der Waals surface area contributed by atoms with Gasteiger partial charge in [-0.2, -0.15) is 0 Å². The number of fused-ring (bicyclic) bond motifs is 2. The maximum atomic E-state index is 12.5. The van der Waals surface area contributed by atoms with Crippen LogP contribution >= 0.6 is 0 Å². The van der Waals surface area contributed by atoms with Gasteiger partial charge < -0.3 is 10.1 Å². The summed E-state index contributed by atoms with van der Waals surface area (Å²) in [6, 6.07) is 0. The van der Waals surface area contributed by atoms with Crippen molar-refractivity contribution in [1.82, 2.24) is 10.2 Å². The standard InChI is InChI=1S/C14H24N2O2/c1-18-13(17)14(10-11-3-4-12(14)9-11)16-7-2-5-15-6-8-16/h11-12,15H,2-10H2,1H3. The molecular formula is C14H24N2O2. The van der Waals surface area contributed by atoms with Crippen LogP contribution in [0.3, 0.4) is 0 Å². The summed E-state index contributed by atoms with van der Waals surface area (Å²) in [5.41, 5.74) is -0.288. The Bertz CT molecular complexity index is 326. The van der Waals surface area contributed by atoms with Crippen molar-refractivity contribution in [3.8, 4) is 0 Å². The van der Waals surface area contributed by atoms with Crippen LogP contribution in [0.15, 0.2) is 0 Å². The molecule has 1 N–H and O–H groups in total. The van der Waals surface area contributed by atoms with Crippen molar-refractivity contribution in [2.24, 2.45) is 11.8 Å². The molecule has 0 aromatic heterocycles. The van der Waals surface area contributed by atoms with Crippen LogP contribution in [0.5, 0.6) is 0 Å². The van der Waals surface area contributed by atoms with Gasteiger partial charge in [-0.1, -0.05) is 6.42 Å². The molecule has 0 amide bonds. The lowest BCUT2D eigenvalue weighted by atomic mass is 9.79. The van der Waals surface area contributed by atoms with E-state index < -0.39 is 0 Å². The Kier molecular flexibility index (Phi) is 3.32. The van der Waals surface area contributed by atoms with Gasteiger partial charge in [0.15, 0.2) is 0 Å². The van der Waals surface area contributed by atoms with E-state index in [1.807, 2.05) is 0 Å². The number of carbonyl (C=O) groups excluding carboxylic acids is 1. The molecule has 4 nitrogen and oxygen atoms in total. The summed E-state index contributed by atoms with van der Waals surface area (Å²) >= 11 is 0. The van der Waals surface area contributed by atoms with Crippen LogP contribution in [0.2, 0.25) is 0 Å². The number of hydrogen-bond acceptors (Lipinski definition) is 4. The summed E-state index contributed by atoms with van der Waals surface area (Å²) in [4.78, 5) is 14.9. The normalized spacial score (nSPS) is 40.7. The highest BCUT2D eigenvalue weighted by Crippen LogP contribution is 2.54. The van der Waals surface area contributed by atoms with E-state index >= 15 is 0 Å². The zero-order valence-corrected chi connectivity index (χ0v) is 11.3. The van der Waals surface area contributed by atoms with Gasteiger partial charge in [-0.3, -0.25) is 9.69 Å². The van der Waals surface area contributed by atoms with Crippen LogP contribution < -0.4 is 5.32 Å². The lowest BCUT2D eigenvalue weighted by molar-refractivity contribution is -0.159. The number of hydrogen-bond donors (Lipinski definition) is 1. The molecule has 0 aromatic rings. The summed E-state index contributed by atoms with van der Waals surface area (Å²) in [6.45, 7) is 4.08. The summed E-state index contributed by atoms with van der Waals surface area (Å²) in [5, 5.41) is 3.43. The number of esters is 1. The van der Waals surface area contributed by atoms with Crippen molar-refractivity contribution in [3.63, 3.8) is 0 Å². The van der Waals surface area contributed by atoms with Crippen molar-refractivity contribution in [3.05, 3.63) is 0 Å². The van der Waals surface area contributed by atoms with Crippen LogP contribution in [0.1, 0.15) is 32.1 Å². The van der Waals surface area contributed by atoms with Gasteiger partial charge in [-0.25, -0.2) is 0 Å². The van der Waals surface area contributed by atoms with Crippen molar-refractivity contribution in [1.29, 1.82) is 0 Å². The first-order valence-electron chi connectivity index (χ1n) is 7.31. The summed E-state index contributed by atoms with van der Waals surface area (Å²) in [7, 11) is 1.55. The molecule has 0 spiro atoms. The molecule has 102 valence electrons. The van der Waals surface area contributed by atoms with Gasteiger partial charge in [0.25, 0.3) is 0 Å². The molecule has 1 heterocycles. The van der Waals surface area contributed by atoms with Crippen LogP contribution in [-0.2, 0) is 9.53 Å². The van der Waals surface area contributed by atoms with E-state index in [4.69, 9.17) is 4.74 Å². The van der Waals surface area contributed by atoms with E-state index in [9.17, 15) is 4.79 Å².